The molecule has 0 radical (unpaired) electrons. The molecule has 0 aliphatic carbocycles. The zero-order valence-corrected chi connectivity index (χ0v) is 9.26. The highest BCUT2D eigenvalue weighted by Crippen LogP contribution is 2.19. The maximum Gasteiger partial charge on any atom is 0.146 e. The second-order valence-corrected chi connectivity index (χ2v) is 3.39. The van der Waals surface area contributed by atoms with Crippen molar-refractivity contribution in [2.45, 2.75) is 26.7 Å². The Balaban J connectivity index is 2.92. The summed E-state index contributed by atoms with van der Waals surface area (Å²) in [6.07, 6.45) is 1.59. The summed E-state index contributed by atoms with van der Waals surface area (Å²) in [5.74, 6) is 0.213. The van der Waals surface area contributed by atoms with Gasteiger partial charge in [0, 0.05) is 13.0 Å². The van der Waals surface area contributed by atoms with E-state index in [0.717, 1.165) is 6.42 Å². The van der Waals surface area contributed by atoms with Gasteiger partial charge in [-0.1, -0.05) is 19.1 Å². The average molecular weight is 208 g/mol. The van der Waals surface area contributed by atoms with Crippen LogP contribution in [0.2, 0.25) is 0 Å². The highest BCUT2D eigenvalue weighted by Gasteiger charge is 2.12. The molecule has 0 saturated heterocycles. The first kappa shape index (κ1) is 11.7. The number of nitrogens with zero attached hydrogens (tertiary/aromatic N) is 1. The number of amidine groups is 1. The van der Waals surface area contributed by atoms with Gasteiger partial charge in [0.25, 0.3) is 0 Å². The van der Waals surface area contributed by atoms with Crippen LogP contribution in [-0.4, -0.2) is 12.4 Å². The summed E-state index contributed by atoms with van der Waals surface area (Å²) in [7, 11) is 0. The molecule has 0 aliphatic heterocycles. The van der Waals surface area contributed by atoms with E-state index in [0.29, 0.717) is 24.5 Å². The Morgan fingerprint density at radius 3 is 2.53 bits per heavy atom. The fourth-order valence-corrected chi connectivity index (χ4v) is 1.55. The normalized spacial score (nSPS) is 10.1. The minimum absolute atomic E-state index is 0.264. The highest BCUT2D eigenvalue weighted by atomic mass is 19.1. The van der Waals surface area contributed by atoms with Crippen molar-refractivity contribution in [2.24, 2.45) is 0 Å². The lowest BCUT2D eigenvalue weighted by atomic mass is 10.2. The van der Waals surface area contributed by atoms with Crippen LogP contribution in [-0.2, 0) is 0 Å². The lowest BCUT2D eigenvalue weighted by Gasteiger charge is -2.23. The Morgan fingerprint density at radius 2 is 2.00 bits per heavy atom. The van der Waals surface area contributed by atoms with Crippen LogP contribution in [0.5, 0.6) is 0 Å². The van der Waals surface area contributed by atoms with Gasteiger partial charge in [0.05, 0.1) is 5.69 Å². The van der Waals surface area contributed by atoms with E-state index in [2.05, 4.69) is 0 Å². The summed E-state index contributed by atoms with van der Waals surface area (Å²) < 4.78 is 13.5. The number of hydrogen-bond acceptors (Lipinski definition) is 1. The van der Waals surface area contributed by atoms with Crippen LogP contribution in [0.1, 0.15) is 26.7 Å². The van der Waals surface area contributed by atoms with E-state index in [1.807, 2.05) is 13.8 Å². The Hall–Kier alpha value is -1.38. The first-order valence-electron chi connectivity index (χ1n) is 5.30. The Kier molecular flexibility index (Phi) is 4.28. The molecule has 0 atom stereocenters. The predicted molar refractivity (Wildman–Crippen MR) is 62.1 cm³/mol. The Morgan fingerprint density at radius 1 is 1.33 bits per heavy atom. The van der Waals surface area contributed by atoms with E-state index in [-0.39, 0.29) is 5.82 Å². The van der Waals surface area contributed by atoms with Crippen LogP contribution < -0.4 is 4.90 Å². The van der Waals surface area contributed by atoms with Crippen molar-refractivity contribution in [2.75, 3.05) is 11.4 Å². The quantitative estimate of drug-likeness (QED) is 0.595. The van der Waals surface area contributed by atoms with E-state index in [9.17, 15) is 4.39 Å². The molecule has 0 amide bonds. The van der Waals surface area contributed by atoms with Gasteiger partial charge in [-0.2, -0.15) is 0 Å². The predicted octanol–water partition coefficient (Wildman–Crippen LogP) is 3.43. The zero-order chi connectivity index (χ0) is 11.3. The molecule has 0 aliphatic rings. The third-order valence-electron chi connectivity index (χ3n) is 2.27. The number of benzene rings is 1. The van der Waals surface area contributed by atoms with Gasteiger partial charge in [0.15, 0.2) is 0 Å². The van der Waals surface area contributed by atoms with Crippen molar-refractivity contribution in [3.8, 4) is 0 Å². The summed E-state index contributed by atoms with van der Waals surface area (Å²) in [6.45, 7) is 4.57. The number of anilines is 1. The third kappa shape index (κ3) is 2.78. The first-order valence-corrected chi connectivity index (χ1v) is 5.30. The van der Waals surface area contributed by atoms with Crippen LogP contribution in [0.4, 0.5) is 10.1 Å². The molecule has 1 aromatic carbocycles. The molecule has 1 N–H and O–H groups in total. The minimum atomic E-state index is -0.264. The molecule has 0 spiro atoms. The monoisotopic (exact) mass is 208 g/mol. The molecule has 0 bridgehead atoms. The largest absolute Gasteiger partial charge is 0.328 e. The summed E-state index contributed by atoms with van der Waals surface area (Å²) >= 11 is 0. The number of para-hydroxylation sites is 1. The molecule has 1 rings (SSSR count). The fourth-order valence-electron chi connectivity index (χ4n) is 1.55. The van der Waals surface area contributed by atoms with Crippen LogP contribution >= 0.6 is 0 Å². The van der Waals surface area contributed by atoms with Gasteiger partial charge in [-0.05, 0) is 25.5 Å². The highest BCUT2D eigenvalue weighted by molar-refractivity contribution is 5.95. The van der Waals surface area contributed by atoms with Gasteiger partial charge in [-0.15, -0.1) is 0 Å². The molecule has 0 unspecified atom stereocenters. The molecular formula is C12H17FN2. The smallest absolute Gasteiger partial charge is 0.146 e. The van der Waals surface area contributed by atoms with E-state index in [4.69, 9.17) is 5.41 Å². The van der Waals surface area contributed by atoms with Crippen LogP contribution in [0.15, 0.2) is 24.3 Å². The second kappa shape index (κ2) is 5.49. The lowest BCUT2D eigenvalue weighted by molar-refractivity contribution is 0.626. The van der Waals surface area contributed by atoms with Gasteiger partial charge in [-0.3, -0.25) is 5.41 Å². The lowest BCUT2D eigenvalue weighted by Crippen LogP contribution is -2.30. The molecule has 0 heterocycles. The van der Waals surface area contributed by atoms with Gasteiger partial charge in [0.2, 0.25) is 0 Å². The molecule has 0 saturated carbocycles. The van der Waals surface area contributed by atoms with Gasteiger partial charge >= 0.3 is 0 Å². The molecule has 0 aromatic heterocycles. The summed E-state index contributed by atoms with van der Waals surface area (Å²) in [5.41, 5.74) is 0.499. The van der Waals surface area contributed by atoms with Gasteiger partial charge < -0.3 is 4.90 Å². The van der Waals surface area contributed by atoms with E-state index in [1.54, 1.807) is 23.1 Å². The van der Waals surface area contributed by atoms with Crippen molar-refractivity contribution in [3.05, 3.63) is 30.1 Å². The topological polar surface area (TPSA) is 27.1 Å². The molecule has 1 aromatic rings. The van der Waals surface area contributed by atoms with Crippen LogP contribution in [0.25, 0.3) is 0 Å². The van der Waals surface area contributed by atoms with Crippen molar-refractivity contribution in [1.29, 1.82) is 5.41 Å². The Labute approximate surface area is 90.2 Å². The third-order valence-corrected chi connectivity index (χ3v) is 2.27. The maximum absolute atomic E-state index is 13.5. The molecule has 82 valence electrons. The SMILES string of the molecule is CCCC(=N)N(CC)c1ccccc1F. The number of nitrogens with one attached hydrogen (secondary N) is 1. The standard InChI is InChI=1S/C12H17FN2/c1-3-7-12(14)15(4-2)11-9-6-5-8-10(11)13/h5-6,8-9,14H,3-4,7H2,1-2H3. The summed E-state index contributed by atoms with van der Waals surface area (Å²) in [4.78, 5) is 1.71. The van der Waals surface area contributed by atoms with Gasteiger partial charge in [0.1, 0.15) is 11.7 Å². The van der Waals surface area contributed by atoms with E-state index >= 15 is 0 Å². The van der Waals surface area contributed by atoms with Crippen molar-refractivity contribution in [1.82, 2.24) is 0 Å². The number of hydrogen-bond donors (Lipinski definition) is 1. The maximum atomic E-state index is 13.5. The molecule has 0 fully saturated rings. The van der Waals surface area contributed by atoms with Gasteiger partial charge in [-0.25, -0.2) is 4.39 Å². The first-order chi connectivity index (χ1) is 7.20. The second-order valence-electron chi connectivity index (χ2n) is 3.39. The molecular weight excluding hydrogens is 191 g/mol. The van der Waals surface area contributed by atoms with E-state index in [1.165, 1.54) is 6.07 Å². The number of halogens is 1. The molecule has 3 heteroatoms. The van der Waals surface area contributed by atoms with Crippen molar-refractivity contribution >= 4 is 11.5 Å². The number of rotatable bonds is 4. The van der Waals surface area contributed by atoms with Crippen molar-refractivity contribution < 1.29 is 4.39 Å². The minimum Gasteiger partial charge on any atom is -0.328 e. The summed E-state index contributed by atoms with van der Waals surface area (Å²) in [6, 6.07) is 6.59. The van der Waals surface area contributed by atoms with Crippen LogP contribution in [0.3, 0.4) is 0 Å². The summed E-state index contributed by atoms with van der Waals surface area (Å²) in [5, 5.41) is 7.84. The van der Waals surface area contributed by atoms with Crippen LogP contribution in [0, 0.1) is 11.2 Å². The van der Waals surface area contributed by atoms with Crippen molar-refractivity contribution in [3.63, 3.8) is 0 Å². The molecule has 15 heavy (non-hydrogen) atoms. The Bertz CT molecular complexity index is 336. The average Bonchev–Trinajstić information content (AvgIpc) is 2.22. The fraction of sp³-hybridized carbons (Fsp3) is 0.417. The molecule has 2 nitrogen and oxygen atoms in total. The van der Waals surface area contributed by atoms with E-state index < -0.39 is 0 Å². The zero-order valence-electron chi connectivity index (χ0n) is 9.26.